The molecular formula is C15H20BrFN2. The minimum Gasteiger partial charge on any atom is -0.328 e. The highest BCUT2D eigenvalue weighted by atomic mass is 79.9. The predicted octanol–water partition coefficient (Wildman–Crippen LogP) is 3.60. The van der Waals surface area contributed by atoms with Crippen LogP contribution in [-0.2, 0) is 0 Å². The minimum atomic E-state index is -0.115. The highest BCUT2D eigenvalue weighted by molar-refractivity contribution is 9.10. The zero-order valence-corrected chi connectivity index (χ0v) is 12.7. The number of piperidine rings is 1. The zero-order chi connectivity index (χ0) is 13.6. The first-order chi connectivity index (χ1) is 9.06. The van der Waals surface area contributed by atoms with Crippen LogP contribution in [0.25, 0.3) is 0 Å². The number of nitrogens with two attached hydrogens (primary N) is 1. The molecule has 0 spiro atoms. The van der Waals surface area contributed by atoms with Gasteiger partial charge in [-0.15, -0.1) is 0 Å². The van der Waals surface area contributed by atoms with Crippen LogP contribution in [0.4, 0.5) is 4.39 Å². The van der Waals surface area contributed by atoms with Gasteiger partial charge in [-0.3, -0.25) is 4.90 Å². The lowest BCUT2D eigenvalue weighted by Gasteiger charge is -2.41. The first-order valence-electron chi connectivity index (χ1n) is 7.04. The molecule has 1 aromatic carbocycles. The predicted molar refractivity (Wildman–Crippen MR) is 78.4 cm³/mol. The smallest absolute Gasteiger partial charge is 0.129 e. The van der Waals surface area contributed by atoms with Crippen LogP contribution < -0.4 is 5.73 Å². The number of rotatable bonds is 2. The van der Waals surface area contributed by atoms with E-state index in [-0.39, 0.29) is 11.9 Å². The third-order valence-corrected chi connectivity index (χ3v) is 5.18. The average molecular weight is 327 g/mol. The van der Waals surface area contributed by atoms with Crippen molar-refractivity contribution in [3.63, 3.8) is 0 Å². The van der Waals surface area contributed by atoms with Crippen LogP contribution in [0, 0.1) is 5.82 Å². The standard InChI is InChI=1S/C15H20BrFN2/c1-9(14-5-2-10(16)6-15(14)17)19-12-3-4-13(19)8-11(18)7-12/h2,5-6,9,11-13H,3-4,7-8,18H2,1H3. The van der Waals surface area contributed by atoms with Gasteiger partial charge in [-0.05, 0) is 44.7 Å². The molecule has 2 heterocycles. The number of halogens is 2. The van der Waals surface area contributed by atoms with E-state index in [9.17, 15) is 4.39 Å². The summed E-state index contributed by atoms with van der Waals surface area (Å²) in [6, 6.07) is 6.92. The first-order valence-corrected chi connectivity index (χ1v) is 7.83. The zero-order valence-electron chi connectivity index (χ0n) is 11.2. The maximum atomic E-state index is 14.1. The molecule has 2 aliphatic rings. The first kappa shape index (κ1) is 13.5. The Labute approximate surface area is 122 Å². The van der Waals surface area contributed by atoms with Crippen molar-refractivity contribution in [2.45, 2.75) is 56.8 Å². The topological polar surface area (TPSA) is 29.3 Å². The third kappa shape index (κ3) is 2.46. The number of nitrogens with zero attached hydrogens (tertiary/aromatic N) is 1. The summed E-state index contributed by atoms with van der Waals surface area (Å²) in [6.07, 6.45) is 4.53. The largest absolute Gasteiger partial charge is 0.328 e. The molecule has 0 aromatic heterocycles. The van der Waals surface area contributed by atoms with Gasteiger partial charge >= 0.3 is 0 Å². The van der Waals surface area contributed by atoms with Crippen molar-refractivity contribution >= 4 is 15.9 Å². The van der Waals surface area contributed by atoms with Gasteiger partial charge in [-0.1, -0.05) is 22.0 Å². The molecule has 19 heavy (non-hydrogen) atoms. The molecule has 2 saturated heterocycles. The van der Waals surface area contributed by atoms with Gasteiger partial charge < -0.3 is 5.73 Å². The quantitative estimate of drug-likeness (QED) is 0.899. The average Bonchev–Trinajstić information content (AvgIpc) is 2.61. The fourth-order valence-electron chi connectivity index (χ4n) is 3.89. The molecule has 3 unspecified atom stereocenters. The van der Waals surface area contributed by atoms with Gasteiger partial charge in [0.05, 0.1) is 0 Å². The fourth-order valence-corrected chi connectivity index (χ4v) is 4.22. The van der Waals surface area contributed by atoms with E-state index in [0.717, 1.165) is 22.9 Å². The van der Waals surface area contributed by atoms with Gasteiger partial charge in [0, 0.05) is 34.2 Å². The van der Waals surface area contributed by atoms with Gasteiger partial charge in [0.2, 0.25) is 0 Å². The van der Waals surface area contributed by atoms with Crippen molar-refractivity contribution in [3.8, 4) is 0 Å². The summed E-state index contributed by atoms with van der Waals surface area (Å²) in [7, 11) is 0. The van der Waals surface area contributed by atoms with Gasteiger partial charge in [0.25, 0.3) is 0 Å². The van der Waals surface area contributed by atoms with Gasteiger partial charge in [-0.25, -0.2) is 4.39 Å². The Morgan fingerprint density at radius 2 is 1.95 bits per heavy atom. The molecule has 104 valence electrons. The number of fused-ring (bicyclic) bond motifs is 2. The Morgan fingerprint density at radius 3 is 2.53 bits per heavy atom. The van der Waals surface area contributed by atoms with E-state index in [1.165, 1.54) is 12.8 Å². The Hall–Kier alpha value is -0.450. The molecule has 0 radical (unpaired) electrons. The molecule has 2 nitrogen and oxygen atoms in total. The van der Waals surface area contributed by atoms with Gasteiger partial charge in [-0.2, -0.15) is 0 Å². The Balaban J connectivity index is 1.86. The van der Waals surface area contributed by atoms with Crippen molar-refractivity contribution in [1.82, 2.24) is 4.90 Å². The van der Waals surface area contributed by atoms with Crippen LogP contribution in [-0.4, -0.2) is 23.0 Å². The van der Waals surface area contributed by atoms with Crippen LogP contribution in [0.2, 0.25) is 0 Å². The summed E-state index contributed by atoms with van der Waals surface area (Å²) in [6.45, 7) is 2.12. The molecule has 1 aromatic rings. The van der Waals surface area contributed by atoms with E-state index in [1.54, 1.807) is 6.07 Å². The highest BCUT2D eigenvalue weighted by Crippen LogP contribution is 2.41. The normalized spacial score (nSPS) is 32.5. The minimum absolute atomic E-state index is 0.115. The molecule has 0 aliphatic carbocycles. The summed E-state index contributed by atoms with van der Waals surface area (Å²) in [5.74, 6) is -0.115. The van der Waals surface area contributed by atoms with E-state index in [1.807, 2.05) is 12.1 Å². The summed E-state index contributed by atoms with van der Waals surface area (Å²) < 4.78 is 14.9. The van der Waals surface area contributed by atoms with Crippen molar-refractivity contribution in [1.29, 1.82) is 0 Å². The van der Waals surface area contributed by atoms with Crippen molar-refractivity contribution in [3.05, 3.63) is 34.1 Å². The van der Waals surface area contributed by atoms with E-state index in [4.69, 9.17) is 5.73 Å². The summed E-state index contributed by atoms with van der Waals surface area (Å²) in [5, 5.41) is 0. The molecule has 3 rings (SSSR count). The van der Waals surface area contributed by atoms with Crippen molar-refractivity contribution in [2.24, 2.45) is 5.73 Å². The van der Waals surface area contributed by atoms with E-state index in [0.29, 0.717) is 18.1 Å². The molecule has 2 aliphatic heterocycles. The van der Waals surface area contributed by atoms with Gasteiger partial charge in [0.15, 0.2) is 0 Å². The van der Waals surface area contributed by atoms with Crippen LogP contribution in [0.1, 0.15) is 44.2 Å². The molecule has 3 atom stereocenters. The van der Waals surface area contributed by atoms with Crippen LogP contribution in [0.5, 0.6) is 0 Å². The van der Waals surface area contributed by atoms with E-state index >= 15 is 0 Å². The second kappa shape index (κ2) is 5.15. The lowest BCUT2D eigenvalue weighted by Crippen LogP contribution is -2.48. The summed E-state index contributed by atoms with van der Waals surface area (Å²) in [4.78, 5) is 2.50. The SMILES string of the molecule is CC(c1ccc(Br)cc1F)N1C2CCC1CC(N)C2. The molecule has 0 saturated carbocycles. The summed E-state index contributed by atoms with van der Waals surface area (Å²) >= 11 is 3.32. The Bertz CT molecular complexity index is 465. The Morgan fingerprint density at radius 1 is 1.32 bits per heavy atom. The summed E-state index contributed by atoms with van der Waals surface area (Å²) in [5.41, 5.74) is 6.90. The van der Waals surface area contributed by atoms with Crippen LogP contribution >= 0.6 is 15.9 Å². The lowest BCUT2D eigenvalue weighted by atomic mass is 9.94. The van der Waals surface area contributed by atoms with E-state index < -0.39 is 0 Å². The molecule has 0 amide bonds. The van der Waals surface area contributed by atoms with Crippen LogP contribution in [0.15, 0.2) is 22.7 Å². The molecule has 2 fully saturated rings. The second-order valence-electron chi connectivity index (χ2n) is 5.91. The molecule has 2 bridgehead atoms. The maximum Gasteiger partial charge on any atom is 0.129 e. The monoisotopic (exact) mass is 326 g/mol. The number of hydrogen-bond acceptors (Lipinski definition) is 2. The molecule has 2 N–H and O–H groups in total. The van der Waals surface area contributed by atoms with E-state index in [2.05, 4.69) is 27.8 Å². The fraction of sp³-hybridized carbons (Fsp3) is 0.600. The third-order valence-electron chi connectivity index (χ3n) is 4.69. The second-order valence-corrected chi connectivity index (χ2v) is 6.82. The number of benzene rings is 1. The maximum absolute atomic E-state index is 14.1. The van der Waals surface area contributed by atoms with Crippen LogP contribution in [0.3, 0.4) is 0 Å². The molecular weight excluding hydrogens is 307 g/mol. The molecule has 4 heteroatoms. The Kier molecular flexibility index (Phi) is 3.67. The highest BCUT2D eigenvalue weighted by Gasteiger charge is 2.42. The lowest BCUT2D eigenvalue weighted by molar-refractivity contribution is 0.0837. The van der Waals surface area contributed by atoms with Gasteiger partial charge in [0.1, 0.15) is 5.82 Å². The van der Waals surface area contributed by atoms with Crippen molar-refractivity contribution in [2.75, 3.05) is 0 Å². The number of hydrogen-bond donors (Lipinski definition) is 1. The van der Waals surface area contributed by atoms with Crippen molar-refractivity contribution < 1.29 is 4.39 Å².